The number of hydrogen-bond donors (Lipinski definition) is 0. The molecule has 1 heterocycles. The Labute approximate surface area is 161 Å². The molecule has 0 spiro atoms. The van der Waals surface area contributed by atoms with Crippen molar-refractivity contribution < 1.29 is 9.53 Å². The number of halogens is 1. The highest BCUT2D eigenvalue weighted by atomic mass is 35.5. The van der Waals surface area contributed by atoms with E-state index in [1.807, 2.05) is 6.07 Å². The number of carbonyl (C=O) groups is 1. The number of benzene rings is 1. The van der Waals surface area contributed by atoms with Gasteiger partial charge in [-0.3, -0.25) is 4.68 Å². The summed E-state index contributed by atoms with van der Waals surface area (Å²) in [4.78, 5) is 12.1. The first-order valence-corrected chi connectivity index (χ1v) is 8.29. The van der Waals surface area contributed by atoms with Crippen LogP contribution in [-0.4, -0.2) is 21.9 Å². The third kappa shape index (κ3) is 5.19. The number of nitriles is 3. The van der Waals surface area contributed by atoms with E-state index in [1.54, 1.807) is 47.3 Å². The first-order valence-electron chi connectivity index (χ1n) is 7.91. The molecule has 134 valence electrons. The second kappa shape index (κ2) is 9.20. The zero-order valence-corrected chi connectivity index (χ0v) is 15.1. The number of nitrogens with zero attached hydrogens (tertiary/aromatic N) is 5. The lowest BCUT2D eigenvalue weighted by molar-refractivity contribution is -0.140. The molecule has 0 saturated carbocycles. The zero-order chi connectivity index (χ0) is 19.8. The van der Waals surface area contributed by atoms with Crippen molar-refractivity contribution in [3.63, 3.8) is 0 Å². The summed E-state index contributed by atoms with van der Waals surface area (Å²) < 4.78 is 6.44. The number of ether oxygens (including phenoxy) is 1. The van der Waals surface area contributed by atoms with Gasteiger partial charge in [-0.2, -0.15) is 20.9 Å². The van der Waals surface area contributed by atoms with Gasteiger partial charge in [0.2, 0.25) is 0 Å². The summed E-state index contributed by atoms with van der Waals surface area (Å²) in [6.07, 6.45) is 2.26. The van der Waals surface area contributed by atoms with E-state index < -0.39 is 12.1 Å². The molecule has 27 heavy (non-hydrogen) atoms. The monoisotopic (exact) mass is 379 g/mol. The summed E-state index contributed by atoms with van der Waals surface area (Å²) in [5.41, 5.74) is 1.43. The van der Waals surface area contributed by atoms with Crippen LogP contribution < -0.4 is 0 Å². The molecule has 0 aliphatic heterocycles. The number of rotatable bonds is 6. The Balaban J connectivity index is 2.49. The summed E-state index contributed by atoms with van der Waals surface area (Å²) in [5.74, 6) is -0.895. The normalized spacial score (nSPS) is 11.7. The smallest absolute Gasteiger partial charge is 0.350 e. The molecule has 0 unspecified atom stereocenters. The van der Waals surface area contributed by atoms with Gasteiger partial charge >= 0.3 is 5.97 Å². The summed E-state index contributed by atoms with van der Waals surface area (Å²) in [5, 5.41) is 31.8. The van der Waals surface area contributed by atoms with Gasteiger partial charge in [0.25, 0.3) is 0 Å². The van der Waals surface area contributed by atoms with Gasteiger partial charge in [-0.1, -0.05) is 23.7 Å². The molecule has 0 bridgehead atoms. The minimum atomic E-state index is -0.972. The molecule has 0 amide bonds. The topological polar surface area (TPSA) is 115 Å². The van der Waals surface area contributed by atoms with Crippen LogP contribution in [0.15, 0.2) is 36.0 Å². The van der Waals surface area contributed by atoms with Crippen LogP contribution in [0.5, 0.6) is 0 Å². The molecule has 0 radical (unpaired) electrons. The van der Waals surface area contributed by atoms with E-state index in [-0.39, 0.29) is 12.0 Å². The highest BCUT2D eigenvalue weighted by Gasteiger charge is 2.17. The van der Waals surface area contributed by atoms with Crippen molar-refractivity contribution in [2.45, 2.75) is 26.0 Å². The van der Waals surface area contributed by atoms with Crippen LogP contribution in [0.2, 0.25) is 5.02 Å². The molecule has 0 N–H and O–H groups in total. The molecule has 2 aromatic rings. The van der Waals surface area contributed by atoms with E-state index >= 15 is 0 Å². The van der Waals surface area contributed by atoms with Crippen molar-refractivity contribution in [2.75, 3.05) is 0 Å². The molecule has 2 rings (SSSR count). The SMILES string of the molecule is C[C@H](C#N)OC(=O)/C(C#N)=C/c1cn(CCC#N)nc1-c1cccc(Cl)c1. The van der Waals surface area contributed by atoms with Gasteiger partial charge in [-0.05, 0) is 25.1 Å². The second-order valence-electron chi connectivity index (χ2n) is 5.46. The Morgan fingerprint density at radius 2 is 2.19 bits per heavy atom. The van der Waals surface area contributed by atoms with E-state index in [1.165, 1.54) is 13.0 Å². The van der Waals surface area contributed by atoms with Crippen LogP contribution in [0.3, 0.4) is 0 Å². The summed E-state index contributed by atoms with van der Waals surface area (Å²) in [7, 11) is 0. The predicted molar refractivity (Wildman–Crippen MR) is 97.7 cm³/mol. The Kier molecular flexibility index (Phi) is 6.72. The van der Waals surface area contributed by atoms with E-state index in [4.69, 9.17) is 26.9 Å². The maximum absolute atomic E-state index is 12.1. The lowest BCUT2D eigenvalue weighted by atomic mass is 10.1. The van der Waals surface area contributed by atoms with Crippen molar-refractivity contribution >= 4 is 23.6 Å². The van der Waals surface area contributed by atoms with Crippen LogP contribution in [0.25, 0.3) is 17.3 Å². The fourth-order valence-electron chi connectivity index (χ4n) is 2.22. The minimum Gasteiger partial charge on any atom is -0.443 e. The Morgan fingerprint density at radius 3 is 2.81 bits per heavy atom. The molecular weight excluding hydrogens is 366 g/mol. The second-order valence-corrected chi connectivity index (χ2v) is 5.90. The summed E-state index contributed by atoms with van der Waals surface area (Å²) >= 11 is 6.04. The lowest BCUT2D eigenvalue weighted by Gasteiger charge is -2.04. The third-order valence-electron chi connectivity index (χ3n) is 3.45. The fraction of sp³-hybridized carbons (Fsp3) is 0.211. The molecule has 1 aromatic carbocycles. The van der Waals surface area contributed by atoms with Gasteiger partial charge in [0.15, 0.2) is 6.10 Å². The largest absolute Gasteiger partial charge is 0.443 e. The molecule has 0 fully saturated rings. The van der Waals surface area contributed by atoms with Crippen molar-refractivity contribution in [1.82, 2.24) is 9.78 Å². The first kappa shape index (κ1) is 19.7. The Morgan fingerprint density at radius 1 is 1.41 bits per heavy atom. The van der Waals surface area contributed by atoms with Crippen molar-refractivity contribution in [3.05, 3.63) is 46.6 Å². The Hall–Kier alpha value is -3.60. The summed E-state index contributed by atoms with van der Waals surface area (Å²) in [6, 6.07) is 12.6. The highest BCUT2D eigenvalue weighted by molar-refractivity contribution is 6.30. The van der Waals surface area contributed by atoms with Crippen molar-refractivity contribution in [3.8, 4) is 29.5 Å². The molecule has 8 heteroatoms. The van der Waals surface area contributed by atoms with Gasteiger partial charge in [-0.15, -0.1) is 0 Å². The van der Waals surface area contributed by atoms with E-state index in [9.17, 15) is 10.1 Å². The standard InChI is InChI=1S/C19H14ClN5O2/c1-13(10-22)27-19(26)15(11-23)8-16-12-25(7-3-6-21)24-18(16)14-4-2-5-17(20)9-14/h2,4-5,8-9,12-13H,3,7H2,1H3/b15-8+/t13-/m1/s1. The fourth-order valence-corrected chi connectivity index (χ4v) is 2.41. The van der Waals surface area contributed by atoms with E-state index in [0.29, 0.717) is 28.4 Å². The number of aromatic nitrogens is 2. The third-order valence-corrected chi connectivity index (χ3v) is 3.68. The van der Waals surface area contributed by atoms with Crippen LogP contribution in [0.1, 0.15) is 18.9 Å². The van der Waals surface area contributed by atoms with Gasteiger partial charge in [0.1, 0.15) is 17.7 Å². The van der Waals surface area contributed by atoms with Gasteiger partial charge in [0, 0.05) is 22.3 Å². The molecule has 1 atom stereocenters. The predicted octanol–water partition coefficient (Wildman–Crippen LogP) is 3.48. The lowest BCUT2D eigenvalue weighted by Crippen LogP contribution is -2.14. The maximum Gasteiger partial charge on any atom is 0.350 e. The van der Waals surface area contributed by atoms with E-state index in [2.05, 4.69) is 5.10 Å². The number of carbonyl (C=O) groups excluding carboxylic acids is 1. The molecule has 7 nitrogen and oxygen atoms in total. The number of aryl methyl sites for hydroxylation is 1. The Bertz CT molecular complexity index is 1000. The highest BCUT2D eigenvalue weighted by Crippen LogP contribution is 2.27. The van der Waals surface area contributed by atoms with Crippen molar-refractivity contribution in [2.24, 2.45) is 0 Å². The van der Waals surface area contributed by atoms with Gasteiger partial charge in [-0.25, -0.2) is 4.79 Å². The van der Waals surface area contributed by atoms with Gasteiger partial charge < -0.3 is 4.74 Å². The molecular formula is C19H14ClN5O2. The minimum absolute atomic E-state index is 0.257. The van der Waals surface area contributed by atoms with Crippen LogP contribution in [0.4, 0.5) is 0 Å². The molecule has 1 aromatic heterocycles. The zero-order valence-electron chi connectivity index (χ0n) is 14.4. The first-order chi connectivity index (χ1) is 13.0. The van der Waals surface area contributed by atoms with Gasteiger partial charge in [0.05, 0.1) is 24.7 Å². The molecule has 0 aliphatic rings. The number of hydrogen-bond acceptors (Lipinski definition) is 6. The average Bonchev–Trinajstić information content (AvgIpc) is 3.06. The van der Waals surface area contributed by atoms with Crippen LogP contribution in [0, 0.1) is 34.0 Å². The number of esters is 1. The van der Waals surface area contributed by atoms with E-state index in [0.717, 1.165) is 0 Å². The quantitative estimate of drug-likeness (QED) is 0.431. The molecule has 0 aliphatic carbocycles. The average molecular weight is 380 g/mol. The van der Waals surface area contributed by atoms with Crippen molar-refractivity contribution in [1.29, 1.82) is 15.8 Å². The molecule has 0 saturated heterocycles. The summed E-state index contributed by atoms with van der Waals surface area (Å²) in [6.45, 7) is 1.76. The van der Waals surface area contributed by atoms with Crippen LogP contribution >= 0.6 is 11.6 Å². The maximum atomic E-state index is 12.1. The van der Waals surface area contributed by atoms with Crippen LogP contribution in [-0.2, 0) is 16.1 Å².